The van der Waals surface area contributed by atoms with Gasteiger partial charge in [0.1, 0.15) is 0 Å². The quantitative estimate of drug-likeness (QED) is 0.233. The minimum atomic E-state index is -2.87. The molecule has 0 atom stereocenters. The Kier molecular flexibility index (Phi) is 35.3. The van der Waals surface area contributed by atoms with Crippen LogP contribution in [0.4, 0.5) is 0 Å². The van der Waals surface area contributed by atoms with Crippen molar-refractivity contribution in [2.75, 3.05) is 0 Å². The molecule has 0 heterocycles. The minimum Gasteiger partial charge on any atom is -0.352 e. The monoisotopic (exact) mass is 153 g/mol. The maximum atomic E-state index is 8.70. The molecule has 0 saturated carbocycles. The molecule has 0 aliphatic heterocycles. The normalized spacial score (nSPS) is 4.57. The van der Waals surface area contributed by atoms with Crippen molar-refractivity contribution in [1.82, 2.24) is 0 Å². The van der Waals surface area contributed by atoms with E-state index in [1.54, 1.807) is 0 Å². The SMILES string of the molecule is O=[P+](O)O.[CH2-]Cl.[Na+]. The van der Waals surface area contributed by atoms with E-state index in [1.807, 2.05) is 0 Å². The summed E-state index contributed by atoms with van der Waals surface area (Å²) in [5.41, 5.74) is 0. The molecule has 0 saturated heterocycles. The molecule has 7 heavy (non-hydrogen) atoms. The summed E-state index contributed by atoms with van der Waals surface area (Å²) in [5, 5.41) is 0. The van der Waals surface area contributed by atoms with Gasteiger partial charge in [0, 0.05) is 4.57 Å². The van der Waals surface area contributed by atoms with E-state index < -0.39 is 8.25 Å². The zero-order valence-electron chi connectivity index (χ0n) is 3.83. The summed E-state index contributed by atoms with van der Waals surface area (Å²) in [5.74, 6) is 0. The van der Waals surface area contributed by atoms with Crippen molar-refractivity contribution in [2.24, 2.45) is 0 Å². The van der Waals surface area contributed by atoms with E-state index in [4.69, 9.17) is 14.4 Å². The van der Waals surface area contributed by atoms with Gasteiger partial charge in [-0.25, -0.2) is 0 Å². The van der Waals surface area contributed by atoms with Gasteiger partial charge in [-0.1, -0.05) is 0 Å². The van der Waals surface area contributed by atoms with Crippen molar-refractivity contribution in [3.63, 3.8) is 0 Å². The summed E-state index contributed by atoms with van der Waals surface area (Å²) in [4.78, 5) is 14.2. The van der Waals surface area contributed by atoms with Gasteiger partial charge in [-0.05, 0) is 0 Å². The first-order valence-electron chi connectivity index (χ1n) is 0.850. The second kappa shape index (κ2) is 15.7. The molecule has 0 rings (SSSR count). The van der Waals surface area contributed by atoms with Gasteiger partial charge in [0.15, 0.2) is 0 Å². The number of hydrogen-bond donors (Lipinski definition) is 2. The predicted molar refractivity (Wildman–Crippen MR) is 23.3 cm³/mol. The maximum Gasteiger partial charge on any atom is 1.00 e. The average molecular weight is 153 g/mol. The van der Waals surface area contributed by atoms with Crippen molar-refractivity contribution in [1.29, 1.82) is 0 Å². The van der Waals surface area contributed by atoms with Crippen molar-refractivity contribution in [2.45, 2.75) is 0 Å². The van der Waals surface area contributed by atoms with Crippen LogP contribution >= 0.6 is 19.9 Å². The van der Waals surface area contributed by atoms with Crippen LogP contribution in [-0.4, -0.2) is 9.79 Å². The molecule has 38 valence electrons. The number of hydrogen-bond acceptors (Lipinski definition) is 1. The first kappa shape index (κ1) is 15.7. The zero-order chi connectivity index (χ0) is 5.58. The Bertz CT molecular complexity index is 37.9. The predicted octanol–water partition coefficient (Wildman–Crippen LogP) is -2.35. The van der Waals surface area contributed by atoms with Crippen molar-refractivity contribution >= 4 is 19.9 Å². The summed E-state index contributed by atoms with van der Waals surface area (Å²) < 4.78 is 8.70. The molecular formula is CH4ClNaO3P+. The molecule has 0 aromatic rings. The van der Waals surface area contributed by atoms with E-state index in [2.05, 4.69) is 18.0 Å². The Balaban J connectivity index is -0.0000000480. The zero-order valence-corrected chi connectivity index (χ0v) is 7.49. The molecule has 0 bridgehead atoms. The third kappa shape index (κ3) is 120. The van der Waals surface area contributed by atoms with Crippen molar-refractivity contribution in [3.8, 4) is 0 Å². The summed E-state index contributed by atoms with van der Waals surface area (Å²) in [6.07, 6.45) is 2.72. The van der Waals surface area contributed by atoms with E-state index in [0.717, 1.165) is 0 Å². The first-order valence-corrected chi connectivity index (χ1v) is 2.55. The molecular weight excluding hydrogens is 149 g/mol. The third-order valence-corrected chi connectivity index (χ3v) is 0. The molecule has 0 fully saturated rings. The molecule has 0 aliphatic carbocycles. The van der Waals surface area contributed by atoms with E-state index in [0.29, 0.717) is 0 Å². The van der Waals surface area contributed by atoms with E-state index in [-0.39, 0.29) is 29.6 Å². The van der Waals surface area contributed by atoms with Gasteiger partial charge < -0.3 is 11.6 Å². The molecule has 6 heteroatoms. The standard InChI is InChI=1S/CH2Cl.Na.HO3P/c1-2;;1-4(2)3/h1H2;;(H-,1,2,3)/q-1;+1;/p+1. The van der Waals surface area contributed by atoms with E-state index in [9.17, 15) is 0 Å². The van der Waals surface area contributed by atoms with Crippen LogP contribution in [0.3, 0.4) is 0 Å². The molecule has 0 unspecified atom stereocenters. The van der Waals surface area contributed by atoms with Crippen LogP contribution in [0.1, 0.15) is 0 Å². The number of halogens is 1. The molecule has 0 amide bonds. The van der Waals surface area contributed by atoms with E-state index in [1.165, 1.54) is 0 Å². The second-order valence-electron chi connectivity index (χ2n) is 0.253. The Morgan fingerprint density at radius 2 is 1.43 bits per heavy atom. The summed E-state index contributed by atoms with van der Waals surface area (Å²) >= 11 is 4.39. The Hall–Kier alpha value is 1.31. The van der Waals surface area contributed by atoms with Crippen LogP contribution < -0.4 is 29.6 Å². The van der Waals surface area contributed by atoms with Crippen LogP contribution in [0.2, 0.25) is 0 Å². The smallest absolute Gasteiger partial charge is 0.352 e. The van der Waals surface area contributed by atoms with Crippen molar-refractivity contribution < 1.29 is 43.9 Å². The fraction of sp³-hybridized carbons (Fsp3) is 0. The average Bonchev–Trinajstić information content (AvgIpc) is 1.41. The molecule has 0 radical (unpaired) electrons. The van der Waals surface area contributed by atoms with Gasteiger partial charge in [-0.2, -0.15) is 0 Å². The summed E-state index contributed by atoms with van der Waals surface area (Å²) in [6, 6.07) is 0. The topological polar surface area (TPSA) is 57.5 Å². The van der Waals surface area contributed by atoms with Gasteiger partial charge in [-0.3, -0.25) is 6.38 Å². The molecule has 3 nitrogen and oxygen atoms in total. The van der Waals surface area contributed by atoms with Gasteiger partial charge in [0.05, 0.1) is 0 Å². The Morgan fingerprint density at radius 1 is 1.43 bits per heavy atom. The number of rotatable bonds is 0. The van der Waals surface area contributed by atoms with Crippen LogP contribution in [0.15, 0.2) is 0 Å². The molecule has 0 spiro atoms. The second-order valence-corrected chi connectivity index (χ2v) is 0.758. The first-order chi connectivity index (χ1) is 2.73. The molecule has 2 N–H and O–H groups in total. The van der Waals surface area contributed by atoms with Crippen LogP contribution in [0.25, 0.3) is 0 Å². The summed E-state index contributed by atoms with van der Waals surface area (Å²) in [6.45, 7) is 0. The van der Waals surface area contributed by atoms with Crippen LogP contribution in [-0.2, 0) is 4.57 Å². The molecule has 0 aliphatic rings. The van der Waals surface area contributed by atoms with Crippen LogP contribution in [0, 0.1) is 6.38 Å². The third-order valence-electron chi connectivity index (χ3n) is 0. The molecule has 0 aromatic heterocycles. The van der Waals surface area contributed by atoms with E-state index >= 15 is 0 Å². The largest absolute Gasteiger partial charge is 1.00 e. The summed E-state index contributed by atoms with van der Waals surface area (Å²) in [7, 11) is -2.87. The van der Waals surface area contributed by atoms with Gasteiger partial charge >= 0.3 is 37.8 Å². The van der Waals surface area contributed by atoms with Crippen molar-refractivity contribution in [3.05, 3.63) is 6.38 Å². The van der Waals surface area contributed by atoms with Crippen LogP contribution in [0.5, 0.6) is 0 Å². The van der Waals surface area contributed by atoms with Gasteiger partial charge in [0.25, 0.3) is 0 Å². The fourth-order valence-electron chi connectivity index (χ4n) is 0. The Labute approximate surface area is 69.9 Å². The van der Waals surface area contributed by atoms with Gasteiger partial charge in [0.2, 0.25) is 0 Å². The molecule has 0 aromatic carbocycles. The Morgan fingerprint density at radius 3 is 1.43 bits per heavy atom. The minimum absolute atomic E-state index is 0. The maximum absolute atomic E-state index is 8.70. The fourth-order valence-corrected chi connectivity index (χ4v) is 0. The van der Waals surface area contributed by atoms with Gasteiger partial charge in [-0.15, -0.1) is 9.79 Å².